The van der Waals surface area contributed by atoms with Crippen molar-refractivity contribution in [2.45, 2.75) is 6.92 Å². The number of hydrogen-bond donors (Lipinski definition) is 2. The Labute approximate surface area is 102 Å². The number of phenolic OH excluding ortho intramolecular Hbond substituents is 1. The standard InChI is InChI=1S/C10H7N5O3/c1-6-2-8(14-13-7(4-11)5-12)10(16)9(3-6)15(17)18/h2-3,14,16H,1H3. The molecule has 1 aromatic rings. The van der Waals surface area contributed by atoms with Crippen LogP contribution in [0.5, 0.6) is 5.75 Å². The number of anilines is 1. The monoisotopic (exact) mass is 245 g/mol. The number of nitrogens with one attached hydrogen (secondary N) is 1. The second-order valence-corrected chi connectivity index (χ2v) is 3.23. The largest absolute Gasteiger partial charge is 0.501 e. The summed E-state index contributed by atoms with van der Waals surface area (Å²) in [6, 6.07) is 5.60. The molecule has 0 bridgehead atoms. The summed E-state index contributed by atoms with van der Waals surface area (Å²) in [5, 5.41) is 40.6. The Kier molecular flexibility index (Phi) is 3.79. The minimum absolute atomic E-state index is 0.0512. The van der Waals surface area contributed by atoms with Crippen molar-refractivity contribution < 1.29 is 10.0 Å². The summed E-state index contributed by atoms with van der Waals surface area (Å²) in [6.07, 6.45) is 0. The van der Waals surface area contributed by atoms with Crippen LogP contribution in [0, 0.1) is 39.7 Å². The van der Waals surface area contributed by atoms with E-state index in [4.69, 9.17) is 10.5 Å². The predicted molar refractivity (Wildman–Crippen MR) is 61.8 cm³/mol. The van der Waals surface area contributed by atoms with Gasteiger partial charge < -0.3 is 5.11 Å². The molecule has 1 aromatic carbocycles. The van der Waals surface area contributed by atoms with Crippen molar-refractivity contribution in [2.75, 3.05) is 5.43 Å². The van der Waals surface area contributed by atoms with Gasteiger partial charge in [0.2, 0.25) is 11.5 Å². The van der Waals surface area contributed by atoms with Crippen molar-refractivity contribution in [3.05, 3.63) is 27.8 Å². The Morgan fingerprint density at radius 1 is 1.50 bits per heavy atom. The highest BCUT2D eigenvalue weighted by atomic mass is 16.6. The van der Waals surface area contributed by atoms with E-state index >= 15 is 0 Å². The number of benzene rings is 1. The van der Waals surface area contributed by atoms with Crippen molar-refractivity contribution in [1.29, 1.82) is 10.5 Å². The number of aromatic hydroxyl groups is 1. The van der Waals surface area contributed by atoms with Crippen LogP contribution in [0.2, 0.25) is 0 Å². The number of nitrogens with zero attached hydrogens (tertiary/aromatic N) is 4. The maximum Gasteiger partial charge on any atom is 0.313 e. The molecule has 1 rings (SSSR count). The molecule has 90 valence electrons. The number of nitro groups is 1. The minimum atomic E-state index is -0.743. The van der Waals surface area contributed by atoms with Crippen LogP contribution in [0.4, 0.5) is 11.4 Å². The van der Waals surface area contributed by atoms with Crippen molar-refractivity contribution in [1.82, 2.24) is 0 Å². The van der Waals surface area contributed by atoms with Crippen molar-refractivity contribution in [3.63, 3.8) is 0 Å². The third-order valence-corrected chi connectivity index (χ3v) is 1.93. The summed E-state index contributed by atoms with van der Waals surface area (Å²) in [6.45, 7) is 1.59. The number of aryl methyl sites for hydroxylation is 1. The van der Waals surface area contributed by atoms with Crippen LogP contribution in [0.25, 0.3) is 0 Å². The molecule has 0 atom stereocenters. The lowest BCUT2D eigenvalue weighted by Gasteiger charge is -2.05. The first kappa shape index (κ1) is 12.9. The van der Waals surface area contributed by atoms with Gasteiger partial charge in [-0.25, -0.2) is 0 Å². The molecule has 0 radical (unpaired) electrons. The van der Waals surface area contributed by atoms with E-state index < -0.39 is 22.1 Å². The summed E-state index contributed by atoms with van der Waals surface area (Å²) in [7, 11) is 0. The zero-order valence-electron chi connectivity index (χ0n) is 9.21. The highest BCUT2D eigenvalue weighted by Crippen LogP contribution is 2.34. The zero-order chi connectivity index (χ0) is 13.7. The van der Waals surface area contributed by atoms with Crippen molar-refractivity contribution in [2.24, 2.45) is 5.10 Å². The number of nitro benzene ring substituents is 1. The summed E-state index contributed by atoms with van der Waals surface area (Å²) in [4.78, 5) is 9.91. The van der Waals surface area contributed by atoms with Crippen LogP contribution in [-0.2, 0) is 0 Å². The van der Waals surface area contributed by atoms with Gasteiger partial charge in [-0.2, -0.15) is 15.6 Å². The lowest BCUT2D eigenvalue weighted by molar-refractivity contribution is -0.385. The number of phenols is 1. The van der Waals surface area contributed by atoms with Gasteiger partial charge in [0, 0.05) is 6.07 Å². The molecule has 0 unspecified atom stereocenters. The molecule has 0 fully saturated rings. The average molecular weight is 245 g/mol. The van der Waals surface area contributed by atoms with Crippen molar-refractivity contribution in [3.8, 4) is 17.9 Å². The fourth-order valence-corrected chi connectivity index (χ4v) is 1.18. The second-order valence-electron chi connectivity index (χ2n) is 3.23. The molecule has 18 heavy (non-hydrogen) atoms. The quantitative estimate of drug-likeness (QED) is 0.357. The van der Waals surface area contributed by atoms with Gasteiger partial charge in [0.05, 0.1) is 4.92 Å². The van der Waals surface area contributed by atoms with Gasteiger partial charge in [0.25, 0.3) is 0 Å². The zero-order valence-corrected chi connectivity index (χ0v) is 9.21. The van der Waals surface area contributed by atoms with E-state index in [9.17, 15) is 15.2 Å². The fraction of sp³-hybridized carbons (Fsp3) is 0.100. The van der Waals surface area contributed by atoms with E-state index in [0.29, 0.717) is 5.56 Å². The van der Waals surface area contributed by atoms with E-state index in [1.54, 1.807) is 6.92 Å². The second kappa shape index (κ2) is 5.27. The van der Waals surface area contributed by atoms with Gasteiger partial charge in [-0.15, -0.1) is 0 Å². The highest BCUT2D eigenvalue weighted by Gasteiger charge is 2.17. The maximum absolute atomic E-state index is 10.7. The normalized spacial score (nSPS) is 8.83. The number of hydrazone groups is 1. The average Bonchev–Trinajstić information content (AvgIpc) is 2.33. The molecule has 0 saturated carbocycles. The van der Waals surface area contributed by atoms with Gasteiger partial charge in [0.1, 0.15) is 17.8 Å². The lowest BCUT2D eigenvalue weighted by Crippen LogP contribution is -1.99. The third kappa shape index (κ3) is 2.71. The fourth-order valence-electron chi connectivity index (χ4n) is 1.18. The summed E-state index contributed by atoms with van der Waals surface area (Å²) in [5.41, 5.74) is 1.77. The van der Waals surface area contributed by atoms with E-state index in [2.05, 4.69) is 10.5 Å². The van der Waals surface area contributed by atoms with Crippen LogP contribution in [0.3, 0.4) is 0 Å². The molecule has 0 heterocycles. The van der Waals surface area contributed by atoms with Crippen LogP contribution in [-0.4, -0.2) is 15.7 Å². The molecule has 0 aliphatic carbocycles. The molecule has 0 aliphatic heterocycles. The molecule has 0 aliphatic rings. The van der Waals surface area contributed by atoms with Crippen LogP contribution in [0.15, 0.2) is 17.2 Å². The van der Waals surface area contributed by atoms with Gasteiger partial charge in [0.15, 0.2) is 0 Å². The Morgan fingerprint density at radius 2 is 2.11 bits per heavy atom. The Morgan fingerprint density at radius 3 is 2.61 bits per heavy atom. The Hall–Kier alpha value is -3.13. The van der Waals surface area contributed by atoms with Gasteiger partial charge in [-0.05, 0) is 18.6 Å². The van der Waals surface area contributed by atoms with E-state index in [-0.39, 0.29) is 5.69 Å². The van der Waals surface area contributed by atoms with Crippen LogP contribution < -0.4 is 5.43 Å². The number of nitriles is 2. The maximum atomic E-state index is 10.7. The van der Waals surface area contributed by atoms with Crippen molar-refractivity contribution >= 4 is 17.1 Å². The lowest BCUT2D eigenvalue weighted by atomic mass is 10.2. The molecule has 2 N–H and O–H groups in total. The Bertz CT molecular complexity index is 593. The van der Waals surface area contributed by atoms with Gasteiger partial charge >= 0.3 is 5.69 Å². The molecular weight excluding hydrogens is 238 g/mol. The molecule has 0 amide bonds. The van der Waals surface area contributed by atoms with Gasteiger partial charge in [-0.1, -0.05) is 0 Å². The number of hydrogen-bond acceptors (Lipinski definition) is 7. The summed E-state index contributed by atoms with van der Waals surface area (Å²) >= 11 is 0. The minimum Gasteiger partial charge on any atom is -0.501 e. The van der Waals surface area contributed by atoms with Gasteiger partial charge in [-0.3, -0.25) is 15.5 Å². The molecule has 0 spiro atoms. The Balaban J connectivity index is 3.20. The van der Waals surface area contributed by atoms with Crippen LogP contribution >= 0.6 is 0 Å². The molecule has 0 saturated heterocycles. The van der Waals surface area contributed by atoms with E-state index in [0.717, 1.165) is 0 Å². The number of rotatable bonds is 3. The first-order valence-electron chi connectivity index (χ1n) is 4.61. The van der Waals surface area contributed by atoms with E-state index in [1.807, 2.05) is 0 Å². The topological polar surface area (TPSA) is 135 Å². The molecule has 0 aromatic heterocycles. The highest BCUT2D eigenvalue weighted by molar-refractivity contribution is 6.10. The summed E-state index contributed by atoms with van der Waals surface area (Å²) < 4.78 is 0. The van der Waals surface area contributed by atoms with Crippen LogP contribution in [0.1, 0.15) is 5.56 Å². The predicted octanol–water partition coefficient (Wildman–Crippen LogP) is 1.42. The summed E-state index contributed by atoms with van der Waals surface area (Å²) in [5.74, 6) is -0.607. The molecular formula is C10H7N5O3. The smallest absolute Gasteiger partial charge is 0.313 e. The SMILES string of the molecule is Cc1cc(NN=C(C#N)C#N)c(O)c([N+](=O)[O-])c1. The van der Waals surface area contributed by atoms with E-state index in [1.165, 1.54) is 24.3 Å². The molecule has 8 heteroatoms. The first-order chi connectivity index (χ1) is 8.49. The molecule has 8 nitrogen and oxygen atoms in total. The first-order valence-corrected chi connectivity index (χ1v) is 4.61. The third-order valence-electron chi connectivity index (χ3n) is 1.93.